The van der Waals surface area contributed by atoms with E-state index in [0.717, 1.165) is 21.4 Å². The highest BCUT2D eigenvalue weighted by atomic mass is 16.5. The van der Waals surface area contributed by atoms with Crippen molar-refractivity contribution in [1.82, 2.24) is 9.80 Å². The maximum Gasteiger partial charge on any atom is 0.336 e. The minimum absolute atomic E-state index is 0.0479. The Bertz CT molecular complexity index is 1010. The number of hydrogen-bond donors (Lipinski definition) is 0. The molecule has 3 amide bonds. The number of carbonyl (C=O) groups is 3. The fraction of sp³-hybridized carbons (Fsp3) is 0.400. The molecule has 0 unspecified atom stereocenters. The molecule has 8 nitrogen and oxygen atoms in total. The Labute approximate surface area is 161 Å². The molecule has 0 radical (unpaired) electrons. The van der Waals surface area contributed by atoms with E-state index in [1.165, 1.54) is 11.0 Å². The number of amides is 3. The van der Waals surface area contributed by atoms with Crippen LogP contribution in [0.15, 0.2) is 27.4 Å². The number of urea groups is 1. The van der Waals surface area contributed by atoms with E-state index in [0.29, 0.717) is 17.6 Å². The molecular weight excluding hydrogens is 364 g/mol. The van der Waals surface area contributed by atoms with Crippen molar-refractivity contribution >= 4 is 28.9 Å². The van der Waals surface area contributed by atoms with Crippen molar-refractivity contribution in [3.05, 3.63) is 45.3 Å². The van der Waals surface area contributed by atoms with Crippen LogP contribution >= 0.6 is 0 Å². The number of nitrogens with zero attached hydrogens (tertiary/aromatic N) is 2. The molecule has 1 aromatic carbocycles. The van der Waals surface area contributed by atoms with Crippen molar-refractivity contribution < 1.29 is 23.5 Å². The molecule has 2 aromatic rings. The first-order valence-electron chi connectivity index (χ1n) is 9.02. The lowest BCUT2D eigenvalue weighted by molar-refractivity contribution is -0.145. The van der Waals surface area contributed by atoms with Gasteiger partial charge in [-0.3, -0.25) is 14.5 Å². The standard InChI is InChI=1S/C20H22N2O6/c1-12-6-7-15-14(9-18(25)28-19(15)13(12)2)11-27-17(24)5-4-8-22-16(23)10-21(3)20(22)26/h6-7,9H,4-5,8,10-11H2,1-3H3. The maximum atomic E-state index is 12.0. The van der Waals surface area contributed by atoms with E-state index in [1.54, 1.807) is 7.05 Å². The molecular formula is C20H22N2O6. The average Bonchev–Trinajstić information content (AvgIpc) is 2.89. The van der Waals surface area contributed by atoms with Gasteiger partial charge in [0.15, 0.2) is 0 Å². The lowest BCUT2D eigenvalue weighted by Crippen LogP contribution is -2.32. The predicted octanol–water partition coefficient (Wildman–Crippen LogP) is 2.13. The number of esters is 1. The van der Waals surface area contributed by atoms with E-state index < -0.39 is 11.6 Å². The van der Waals surface area contributed by atoms with Gasteiger partial charge in [0, 0.05) is 37.0 Å². The zero-order valence-corrected chi connectivity index (χ0v) is 16.1. The van der Waals surface area contributed by atoms with Gasteiger partial charge in [-0.1, -0.05) is 12.1 Å². The zero-order chi connectivity index (χ0) is 20.4. The van der Waals surface area contributed by atoms with Crippen molar-refractivity contribution in [3.63, 3.8) is 0 Å². The minimum atomic E-state index is -0.498. The highest BCUT2D eigenvalue weighted by molar-refractivity contribution is 6.01. The SMILES string of the molecule is Cc1ccc2c(COC(=O)CCCN3C(=O)CN(C)C3=O)cc(=O)oc2c1C. The number of fused-ring (bicyclic) bond motifs is 1. The van der Waals surface area contributed by atoms with E-state index in [1.807, 2.05) is 26.0 Å². The number of hydrogen-bond acceptors (Lipinski definition) is 6. The molecule has 3 rings (SSSR count). The number of benzene rings is 1. The topological polar surface area (TPSA) is 97.1 Å². The molecule has 148 valence electrons. The molecule has 0 N–H and O–H groups in total. The third-order valence-electron chi connectivity index (χ3n) is 4.90. The molecule has 1 saturated heterocycles. The van der Waals surface area contributed by atoms with Gasteiger partial charge in [0.2, 0.25) is 5.91 Å². The first kappa shape index (κ1) is 19.6. The molecule has 28 heavy (non-hydrogen) atoms. The van der Waals surface area contributed by atoms with Gasteiger partial charge in [-0.05, 0) is 31.4 Å². The number of likely N-dealkylation sites (N-methyl/N-ethyl adjacent to an activating group) is 1. The summed E-state index contributed by atoms with van der Waals surface area (Å²) in [6, 6.07) is 4.73. The second kappa shape index (κ2) is 7.84. The van der Waals surface area contributed by atoms with Gasteiger partial charge < -0.3 is 14.1 Å². The monoisotopic (exact) mass is 386 g/mol. The Morgan fingerprint density at radius 1 is 1.21 bits per heavy atom. The van der Waals surface area contributed by atoms with Crippen LogP contribution in [0, 0.1) is 13.8 Å². The average molecular weight is 386 g/mol. The Morgan fingerprint density at radius 2 is 1.96 bits per heavy atom. The van der Waals surface area contributed by atoms with Crippen LogP contribution < -0.4 is 5.63 Å². The summed E-state index contributed by atoms with van der Waals surface area (Å²) in [5, 5.41) is 0.729. The van der Waals surface area contributed by atoms with Gasteiger partial charge in [0.1, 0.15) is 18.7 Å². The minimum Gasteiger partial charge on any atom is -0.461 e. The number of rotatable bonds is 6. The van der Waals surface area contributed by atoms with Crippen molar-refractivity contribution in [2.24, 2.45) is 0 Å². The predicted molar refractivity (Wildman–Crippen MR) is 101 cm³/mol. The molecule has 0 atom stereocenters. The van der Waals surface area contributed by atoms with Crippen LogP contribution in [-0.2, 0) is 20.9 Å². The van der Waals surface area contributed by atoms with Gasteiger partial charge in [0.25, 0.3) is 0 Å². The molecule has 1 aliphatic heterocycles. The van der Waals surface area contributed by atoms with Crippen LogP contribution in [-0.4, -0.2) is 47.8 Å². The lowest BCUT2D eigenvalue weighted by Gasteiger charge is -2.13. The second-order valence-corrected chi connectivity index (χ2v) is 6.92. The smallest absolute Gasteiger partial charge is 0.336 e. The van der Waals surface area contributed by atoms with Gasteiger partial charge in [-0.2, -0.15) is 0 Å². The lowest BCUT2D eigenvalue weighted by atomic mass is 10.0. The summed E-state index contributed by atoms with van der Waals surface area (Å²) in [4.78, 5) is 49.8. The summed E-state index contributed by atoms with van der Waals surface area (Å²) in [5.74, 6) is -0.730. The van der Waals surface area contributed by atoms with Crippen LogP contribution in [0.2, 0.25) is 0 Å². The van der Waals surface area contributed by atoms with Crippen LogP contribution in [0.3, 0.4) is 0 Å². The van der Waals surface area contributed by atoms with Crippen molar-refractivity contribution in [1.29, 1.82) is 0 Å². The molecule has 8 heteroatoms. The van der Waals surface area contributed by atoms with E-state index in [9.17, 15) is 19.2 Å². The number of carbonyl (C=O) groups excluding carboxylic acids is 3. The van der Waals surface area contributed by atoms with Crippen molar-refractivity contribution in [2.45, 2.75) is 33.3 Å². The fourth-order valence-corrected chi connectivity index (χ4v) is 3.14. The summed E-state index contributed by atoms with van der Waals surface area (Å²) in [6.45, 7) is 3.98. The third kappa shape index (κ3) is 3.90. The zero-order valence-electron chi connectivity index (χ0n) is 16.1. The highest BCUT2D eigenvalue weighted by Gasteiger charge is 2.32. The quantitative estimate of drug-likeness (QED) is 0.429. The second-order valence-electron chi connectivity index (χ2n) is 6.92. The third-order valence-corrected chi connectivity index (χ3v) is 4.90. The van der Waals surface area contributed by atoms with Crippen LogP contribution in [0.25, 0.3) is 11.0 Å². The molecule has 0 aliphatic carbocycles. The summed E-state index contributed by atoms with van der Waals surface area (Å²) in [5.41, 5.74) is 2.44. The fourth-order valence-electron chi connectivity index (χ4n) is 3.14. The van der Waals surface area contributed by atoms with Crippen LogP contribution in [0.5, 0.6) is 0 Å². The Kier molecular flexibility index (Phi) is 5.48. The summed E-state index contributed by atoms with van der Waals surface area (Å²) >= 11 is 0. The van der Waals surface area contributed by atoms with Gasteiger partial charge in [0.05, 0.1) is 0 Å². The molecule has 1 aromatic heterocycles. The van der Waals surface area contributed by atoms with Crippen molar-refractivity contribution in [2.75, 3.05) is 20.1 Å². The molecule has 0 spiro atoms. The van der Waals surface area contributed by atoms with Gasteiger partial charge in [-0.25, -0.2) is 9.59 Å². The first-order chi connectivity index (χ1) is 13.3. The summed E-state index contributed by atoms with van der Waals surface area (Å²) in [7, 11) is 1.55. The van der Waals surface area contributed by atoms with E-state index in [4.69, 9.17) is 9.15 Å². The highest BCUT2D eigenvalue weighted by Crippen LogP contribution is 2.23. The Balaban J connectivity index is 1.59. The number of imide groups is 1. The molecule has 1 fully saturated rings. The van der Waals surface area contributed by atoms with E-state index >= 15 is 0 Å². The van der Waals surface area contributed by atoms with Gasteiger partial charge in [-0.15, -0.1) is 0 Å². The van der Waals surface area contributed by atoms with Crippen molar-refractivity contribution in [3.8, 4) is 0 Å². The molecule has 0 bridgehead atoms. The van der Waals surface area contributed by atoms with E-state index in [-0.39, 0.29) is 38.1 Å². The van der Waals surface area contributed by atoms with E-state index in [2.05, 4.69) is 0 Å². The molecule has 2 heterocycles. The largest absolute Gasteiger partial charge is 0.461 e. The number of aryl methyl sites for hydroxylation is 2. The Hall–Kier alpha value is -3.16. The summed E-state index contributed by atoms with van der Waals surface area (Å²) in [6.07, 6.45) is 0.387. The number of ether oxygens (including phenoxy) is 1. The molecule has 1 aliphatic rings. The Morgan fingerprint density at radius 3 is 2.64 bits per heavy atom. The summed E-state index contributed by atoms with van der Waals surface area (Å²) < 4.78 is 10.6. The normalized spacial score (nSPS) is 14.2. The maximum absolute atomic E-state index is 12.0. The molecule has 0 saturated carbocycles. The van der Waals surface area contributed by atoms with Crippen LogP contribution in [0.1, 0.15) is 29.5 Å². The first-order valence-corrected chi connectivity index (χ1v) is 9.02. The van der Waals surface area contributed by atoms with Crippen LogP contribution in [0.4, 0.5) is 4.79 Å². The van der Waals surface area contributed by atoms with Gasteiger partial charge >= 0.3 is 17.6 Å².